The minimum Gasteiger partial charge on any atom is -0.480 e. The van der Waals surface area contributed by atoms with E-state index in [0.29, 0.717) is 19.1 Å². The van der Waals surface area contributed by atoms with E-state index < -0.39 is 6.10 Å². The van der Waals surface area contributed by atoms with E-state index in [1.807, 2.05) is 47.4 Å². The number of carbonyl (C=O) groups excluding carboxylic acids is 1. The van der Waals surface area contributed by atoms with Gasteiger partial charge in [-0.1, -0.05) is 67.9 Å². The molecule has 0 saturated carbocycles. The van der Waals surface area contributed by atoms with E-state index in [4.69, 9.17) is 14.2 Å². The van der Waals surface area contributed by atoms with Gasteiger partial charge in [-0.05, 0) is 67.3 Å². The summed E-state index contributed by atoms with van der Waals surface area (Å²) in [6.07, 6.45) is 5.38. The Hall–Kier alpha value is -3.47. The molecule has 2 heterocycles. The normalized spacial score (nSPS) is 16.1. The lowest BCUT2D eigenvalue weighted by Crippen LogP contribution is -2.46. The van der Waals surface area contributed by atoms with Gasteiger partial charge in [0.15, 0.2) is 17.6 Å². The van der Waals surface area contributed by atoms with Crippen LogP contribution in [-0.2, 0) is 11.2 Å². The molecule has 1 fully saturated rings. The van der Waals surface area contributed by atoms with Gasteiger partial charge in [0.2, 0.25) is 6.79 Å². The van der Waals surface area contributed by atoms with E-state index in [0.717, 1.165) is 73.6 Å². The second-order valence-corrected chi connectivity index (χ2v) is 9.75. The van der Waals surface area contributed by atoms with Crippen molar-refractivity contribution in [3.63, 3.8) is 0 Å². The fraction of sp³-hybridized carbons (Fsp3) is 0.387. The molecule has 36 heavy (non-hydrogen) atoms. The lowest BCUT2D eigenvalue weighted by molar-refractivity contribution is -0.140. The Balaban J connectivity index is 1.17. The highest BCUT2D eigenvalue weighted by Crippen LogP contribution is 2.34. The van der Waals surface area contributed by atoms with E-state index in [1.165, 1.54) is 5.56 Å². The Morgan fingerprint density at radius 1 is 0.972 bits per heavy atom. The van der Waals surface area contributed by atoms with Crippen molar-refractivity contribution in [2.24, 2.45) is 5.92 Å². The van der Waals surface area contributed by atoms with Gasteiger partial charge >= 0.3 is 0 Å². The third-order valence-corrected chi connectivity index (χ3v) is 7.27. The Morgan fingerprint density at radius 2 is 1.72 bits per heavy atom. The third kappa shape index (κ3) is 5.67. The summed E-state index contributed by atoms with van der Waals surface area (Å²) in [5.41, 5.74) is 3.40. The first-order chi connectivity index (χ1) is 17.7. The van der Waals surface area contributed by atoms with E-state index in [1.54, 1.807) is 0 Å². The molecule has 3 aromatic carbocycles. The molecule has 1 amide bonds. The number of ether oxygens (including phenoxy) is 3. The van der Waals surface area contributed by atoms with Crippen LogP contribution in [0.1, 0.15) is 44.6 Å². The molecule has 5 rings (SSSR count). The van der Waals surface area contributed by atoms with Crippen molar-refractivity contribution in [1.82, 2.24) is 4.90 Å². The zero-order chi connectivity index (χ0) is 24.7. The molecule has 0 bridgehead atoms. The maximum Gasteiger partial charge on any atom is 0.263 e. The average Bonchev–Trinajstić information content (AvgIpc) is 3.40. The molecule has 0 spiro atoms. The van der Waals surface area contributed by atoms with Crippen LogP contribution in [0.5, 0.6) is 17.2 Å². The first-order valence-corrected chi connectivity index (χ1v) is 13.2. The van der Waals surface area contributed by atoms with E-state index >= 15 is 0 Å². The second-order valence-electron chi connectivity index (χ2n) is 9.75. The fourth-order valence-electron chi connectivity index (χ4n) is 5.19. The molecular weight excluding hydrogens is 450 g/mol. The number of amides is 1. The Morgan fingerprint density at radius 3 is 2.53 bits per heavy atom. The zero-order valence-electron chi connectivity index (χ0n) is 21.0. The molecule has 0 aromatic heterocycles. The van der Waals surface area contributed by atoms with Crippen LogP contribution in [0.4, 0.5) is 0 Å². The lowest BCUT2D eigenvalue weighted by Gasteiger charge is -2.34. The number of piperidine rings is 1. The van der Waals surface area contributed by atoms with Crippen molar-refractivity contribution in [2.45, 2.75) is 51.6 Å². The van der Waals surface area contributed by atoms with Crippen LogP contribution in [0, 0.1) is 5.92 Å². The highest BCUT2D eigenvalue weighted by atomic mass is 16.7. The Labute approximate surface area is 214 Å². The molecule has 188 valence electrons. The van der Waals surface area contributed by atoms with Gasteiger partial charge in [-0.2, -0.15) is 0 Å². The maximum absolute atomic E-state index is 13.5. The Bertz CT molecular complexity index is 1150. The molecule has 3 aromatic rings. The van der Waals surface area contributed by atoms with Gasteiger partial charge in [0.25, 0.3) is 5.91 Å². The van der Waals surface area contributed by atoms with Gasteiger partial charge < -0.3 is 19.1 Å². The summed E-state index contributed by atoms with van der Waals surface area (Å²) in [6, 6.07) is 24.5. The van der Waals surface area contributed by atoms with Gasteiger partial charge in [0.05, 0.1) is 0 Å². The quantitative estimate of drug-likeness (QED) is 0.347. The number of benzene rings is 3. The summed E-state index contributed by atoms with van der Waals surface area (Å²) in [5, 5.41) is 0. The minimum absolute atomic E-state index is 0.119. The van der Waals surface area contributed by atoms with Gasteiger partial charge in [-0.25, -0.2) is 0 Å². The number of carbonyl (C=O) groups is 1. The highest BCUT2D eigenvalue weighted by Gasteiger charge is 2.29. The van der Waals surface area contributed by atoms with Crippen molar-refractivity contribution in [2.75, 3.05) is 19.9 Å². The van der Waals surface area contributed by atoms with Crippen LogP contribution in [-0.4, -0.2) is 36.8 Å². The number of rotatable bonds is 9. The molecule has 2 aliphatic rings. The first-order valence-electron chi connectivity index (χ1n) is 13.2. The molecule has 1 saturated heterocycles. The summed E-state index contributed by atoms with van der Waals surface area (Å²) in [6.45, 7) is 4.02. The van der Waals surface area contributed by atoms with Crippen LogP contribution in [0.15, 0.2) is 72.8 Å². The van der Waals surface area contributed by atoms with Gasteiger partial charge in [-0.15, -0.1) is 0 Å². The number of para-hydroxylation sites is 1. The summed E-state index contributed by atoms with van der Waals surface area (Å²) in [4.78, 5) is 15.5. The van der Waals surface area contributed by atoms with Crippen molar-refractivity contribution in [3.8, 4) is 28.4 Å². The van der Waals surface area contributed by atoms with Crippen LogP contribution >= 0.6 is 0 Å². The number of aryl methyl sites for hydroxylation is 1. The number of likely N-dealkylation sites (tertiary alicyclic amines) is 1. The van der Waals surface area contributed by atoms with Crippen molar-refractivity contribution < 1.29 is 19.0 Å². The number of hydrogen-bond donors (Lipinski definition) is 0. The van der Waals surface area contributed by atoms with Crippen LogP contribution < -0.4 is 14.2 Å². The molecule has 1 atom stereocenters. The summed E-state index contributed by atoms with van der Waals surface area (Å²) in [5.74, 6) is 3.21. The van der Waals surface area contributed by atoms with Crippen molar-refractivity contribution in [1.29, 1.82) is 0 Å². The summed E-state index contributed by atoms with van der Waals surface area (Å²) >= 11 is 0. The third-order valence-electron chi connectivity index (χ3n) is 7.27. The van der Waals surface area contributed by atoms with Gasteiger partial charge in [0.1, 0.15) is 5.75 Å². The van der Waals surface area contributed by atoms with E-state index in [2.05, 4.69) is 37.3 Å². The van der Waals surface area contributed by atoms with Gasteiger partial charge in [-0.3, -0.25) is 4.79 Å². The van der Waals surface area contributed by atoms with E-state index in [9.17, 15) is 4.79 Å². The lowest BCUT2D eigenvalue weighted by atomic mass is 9.90. The van der Waals surface area contributed by atoms with Crippen molar-refractivity contribution in [3.05, 3.63) is 78.4 Å². The fourth-order valence-corrected chi connectivity index (χ4v) is 5.19. The smallest absolute Gasteiger partial charge is 0.263 e. The second kappa shape index (κ2) is 11.5. The number of fused-ring (bicyclic) bond motifs is 1. The predicted molar refractivity (Wildman–Crippen MR) is 141 cm³/mol. The maximum atomic E-state index is 13.5. The largest absolute Gasteiger partial charge is 0.480 e. The highest BCUT2D eigenvalue weighted by molar-refractivity contribution is 5.82. The monoisotopic (exact) mass is 485 g/mol. The molecule has 0 N–H and O–H groups in total. The molecule has 2 aliphatic heterocycles. The molecular formula is C31H35NO4. The summed E-state index contributed by atoms with van der Waals surface area (Å²) in [7, 11) is 0. The topological polar surface area (TPSA) is 48.0 Å². The molecule has 1 unspecified atom stereocenters. The van der Waals surface area contributed by atoms with Crippen LogP contribution in [0.3, 0.4) is 0 Å². The number of hydrogen-bond acceptors (Lipinski definition) is 4. The molecule has 0 radical (unpaired) electrons. The van der Waals surface area contributed by atoms with Crippen LogP contribution in [0.25, 0.3) is 11.1 Å². The summed E-state index contributed by atoms with van der Waals surface area (Å²) < 4.78 is 17.3. The van der Waals surface area contributed by atoms with Crippen molar-refractivity contribution >= 4 is 5.91 Å². The van der Waals surface area contributed by atoms with Gasteiger partial charge in [0, 0.05) is 18.7 Å². The Kier molecular flexibility index (Phi) is 7.75. The molecule has 0 aliphatic carbocycles. The minimum atomic E-state index is -0.454. The molecule has 5 nitrogen and oxygen atoms in total. The average molecular weight is 486 g/mol. The molecule has 5 heteroatoms. The predicted octanol–water partition coefficient (Wildman–Crippen LogP) is 6.50. The zero-order valence-corrected chi connectivity index (χ0v) is 21.0. The number of nitrogens with zero attached hydrogens (tertiary/aromatic N) is 1. The SMILES string of the molecule is CCCC(Oc1ccccc1-c1ccccc1)C(=O)N1CCC(CCc2ccc3c(c2)OCO3)CC1. The first kappa shape index (κ1) is 24.2. The van der Waals surface area contributed by atoms with Crippen LogP contribution in [0.2, 0.25) is 0 Å². The standard InChI is InChI=1S/C31H35NO4/c1-2-8-29(36-27-12-7-6-11-26(27)25-9-4-3-5-10-25)31(33)32-19-17-23(18-20-32)13-14-24-15-16-28-30(21-24)35-22-34-28/h3-7,9-12,15-16,21,23,29H,2,8,13-14,17-20,22H2,1H3. The van der Waals surface area contributed by atoms with E-state index in [-0.39, 0.29) is 5.91 Å².